The molecule has 3 fully saturated rings. The Morgan fingerprint density at radius 3 is 2.14 bits per heavy atom. The Labute approximate surface area is 132 Å². The van der Waals surface area contributed by atoms with Gasteiger partial charge in [-0.25, -0.2) is 0 Å². The topological polar surface area (TPSA) is 15.3 Å². The van der Waals surface area contributed by atoms with Gasteiger partial charge in [0.15, 0.2) is 0 Å². The molecule has 122 valence electrons. The smallest absolute Gasteiger partial charge is 0.0148 e. The minimum absolute atomic E-state index is 0.730. The molecule has 0 aromatic carbocycles. The van der Waals surface area contributed by atoms with Gasteiger partial charge >= 0.3 is 0 Å². The summed E-state index contributed by atoms with van der Waals surface area (Å²) in [6.07, 6.45) is 10.2. The van der Waals surface area contributed by atoms with Crippen LogP contribution in [0.5, 0.6) is 0 Å². The van der Waals surface area contributed by atoms with Crippen molar-refractivity contribution in [3.63, 3.8) is 0 Å². The first-order valence-corrected chi connectivity index (χ1v) is 9.61. The summed E-state index contributed by atoms with van der Waals surface area (Å²) in [5.74, 6) is 3.78. The molecular weight excluding hydrogens is 256 g/mol. The van der Waals surface area contributed by atoms with Crippen molar-refractivity contribution in [2.45, 2.75) is 77.8 Å². The summed E-state index contributed by atoms with van der Waals surface area (Å²) in [6.45, 7) is 11.1. The monoisotopic (exact) mass is 292 g/mol. The van der Waals surface area contributed by atoms with Crippen LogP contribution in [-0.4, -0.2) is 36.6 Å². The van der Waals surface area contributed by atoms with Gasteiger partial charge < -0.3 is 10.2 Å². The van der Waals surface area contributed by atoms with E-state index in [1.807, 2.05) is 0 Å². The first-order chi connectivity index (χ1) is 10.1. The van der Waals surface area contributed by atoms with E-state index in [-0.39, 0.29) is 0 Å². The van der Waals surface area contributed by atoms with Gasteiger partial charge in [0.1, 0.15) is 0 Å². The zero-order valence-electron chi connectivity index (χ0n) is 14.5. The third-order valence-corrected chi connectivity index (χ3v) is 6.61. The van der Waals surface area contributed by atoms with E-state index in [1.165, 1.54) is 64.6 Å². The molecule has 1 heterocycles. The molecule has 3 rings (SSSR count). The molecular formula is C19H36N2. The first kappa shape index (κ1) is 15.8. The second-order valence-electron chi connectivity index (χ2n) is 8.56. The summed E-state index contributed by atoms with van der Waals surface area (Å²) in [5, 5.41) is 4.04. The van der Waals surface area contributed by atoms with Gasteiger partial charge in [-0.1, -0.05) is 26.2 Å². The number of fused-ring (bicyclic) bond motifs is 2. The molecule has 0 aromatic rings. The van der Waals surface area contributed by atoms with Crippen LogP contribution in [0, 0.1) is 23.7 Å². The standard InChI is InChI=1S/C19H36N2/c1-14(2)21-12-17-5-4-6-18(13-21)19(17)20-11-16-9-7-15(3)8-10-16/h14-20H,4-13H2,1-3H3. The molecule has 2 bridgehead atoms. The van der Waals surface area contributed by atoms with E-state index in [4.69, 9.17) is 0 Å². The van der Waals surface area contributed by atoms with Crippen molar-refractivity contribution in [3.8, 4) is 0 Å². The molecule has 0 amide bonds. The van der Waals surface area contributed by atoms with Gasteiger partial charge in [-0.3, -0.25) is 0 Å². The van der Waals surface area contributed by atoms with Crippen LogP contribution in [0.2, 0.25) is 0 Å². The Kier molecular flexibility index (Phi) is 5.27. The molecule has 2 nitrogen and oxygen atoms in total. The minimum Gasteiger partial charge on any atom is -0.313 e. The molecule has 1 aliphatic heterocycles. The van der Waals surface area contributed by atoms with Crippen LogP contribution in [0.15, 0.2) is 0 Å². The van der Waals surface area contributed by atoms with Crippen LogP contribution in [0.1, 0.15) is 65.7 Å². The maximum Gasteiger partial charge on any atom is 0.0148 e. The van der Waals surface area contributed by atoms with Crippen molar-refractivity contribution in [2.75, 3.05) is 19.6 Å². The van der Waals surface area contributed by atoms with E-state index in [2.05, 4.69) is 31.0 Å². The van der Waals surface area contributed by atoms with Crippen LogP contribution >= 0.6 is 0 Å². The maximum absolute atomic E-state index is 4.04. The second kappa shape index (κ2) is 7.00. The predicted molar refractivity (Wildman–Crippen MR) is 90.5 cm³/mol. The lowest BCUT2D eigenvalue weighted by atomic mass is 9.72. The Morgan fingerprint density at radius 1 is 0.952 bits per heavy atom. The Morgan fingerprint density at radius 2 is 1.57 bits per heavy atom. The largest absolute Gasteiger partial charge is 0.313 e. The van der Waals surface area contributed by atoms with E-state index in [0.29, 0.717) is 0 Å². The van der Waals surface area contributed by atoms with Gasteiger partial charge in [-0.15, -0.1) is 0 Å². The number of nitrogens with one attached hydrogen (secondary N) is 1. The summed E-state index contributed by atoms with van der Waals surface area (Å²) in [6, 6.07) is 1.56. The molecule has 2 heteroatoms. The van der Waals surface area contributed by atoms with E-state index < -0.39 is 0 Å². The fourth-order valence-corrected chi connectivity index (χ4v) is 5.06. The summed E-state index contributed by atoms with van der Waals surface area (Å²) in [5.41, 5.74) is 0. The van der Waals surface area contributed by atoms with Crippen molar-refractivity contribution < 1.29 is 0 Å². The molecule has 1 N–H and O–H groups in total. The van der Waals surface area contributed by atoms with Crippen LogP contribution in [0.25, 0.3) is 0 Å². The second-order valence-corrected chi connectivity index (χ2v) is 8.56. The van der Waals surface area contributed by atoms with Crippen molar-refractivity contribution in [2.24, 2.45) is 23.7 Å². The number of hydrogen-bond donors (Lipinski definition) is 1. The average molecular weight is 293 g/mol. The number of hydrogen-bond acceptors (Lipinski definition) is 2. The summed E-state index contributed by atoms with van der Waals surface area (Å²) >= 11 is 0. The lowest BCUT2D eigenvalue weighted by Gasteiger charge is -2.49. The van der Waals surface area contributed by atoms with Crippen LogP contribution in [0.4, 0.5) is 0 Å². The number of nitrogens with zero attached hydrogens (tertiary/aromatic N) is 1. The lowest BCUT2D eigenvalue weighted by Crippen LogP contribution is -2.58. The highest BCUT2D eigenvalue weighted by Gasteiger charge is 2.39. The van der Waals surface area contributed by atoms with E-state index in [9.17, 15) is 0 Å². The van der Waals surface area contributed by atoms with Crippen LogP contribution in [0.3, 0.4) is 0 Å². The van der Waals surface area contributed by atoms with Crippen molar-refractivity contribution in [3.05, 3.63) is 0 Å². The fourth-order valence-electron chi connectivity index (χ4n) is 5.06. The zero-order chi connectivity index (χ0) is 14.8. The fraction of sp³-hybridized carbons (Fsp3) is 1.00. The van der Waals surface area contributed by atoms with Crippen LogP contribution in [-0.2, 0) is 0 Å². The van der Waals surface area contributed by atoms with E-state index >= 15 is 0 Å². The Bertz CT molecular complexity index is 306. The molecule has 0 radical (unpaired) electrons. The minimum atomic E-state index is 0.730. The summed E-state index contributed by atoms with van der Waals surface area (Å²) < 4.78 is 0. The van der Waals surface area contributed by atoms with Crippen molar-refractivity contribution in [1.29, 1.82) is 0 Å². The SMILES string of the molecule is CC1CCC(CNC2C3CCCC2CN(C(C)C)C3)CC1. The van der Waals surface area contributed by atoms with E-state index in [0.717, 1.165) is 35.8 Å². The third-order valence-electron chi connectivity index (χ3n) is 6.61. The van der Waals surface area contributed by atoms with Gasteiger partial charge in [0.25, 0.3) is 0 Å². The highest BCUT2D eigenvalue weighted by atomic mass is 15.2. The van der Waals surface area contributed by atoms with Gasteiger partial charge in [0.2, 0.25) is 0 Å². The molecule has 0 aromatic heterocycles. The first-order valence-electron chi connectivity index (χ1n) is 9.61. The number of piperidine rings is 1. The highest BCUT2D eigenvalue weighted by Crippen LogP contribution is 2.36. The third kappa shape index (κ3) is 3.82. The molecule has 21 heavy (non-hydrogen) atoms. The van der Waals surface area contributed by atoms with Gasteiger partial charge in [-0.2, -0.15) is 0 Å². The molecule has 2 unspecified atom stereocenters. The zero-order valence-corrected chi connectivity index (χ0v) is 14.5. The summed E-state index contributed by atoms with van der Waals surface area (Å²) in [7, 11) is 0. The molecule has 2 aliphatic carbocycles. The quantitative estimate of drug-likeness (QED) is 0.845. The van der Waals surface area contributed by atoms with Crippen molar-refractivity contribution >= 4 is 0 Å². The van der Waals surface area contributed by atoms with E-state index in [1.54, 1.807) is 0 Å². The molecule has 3 aliphatic rings. The molecule has 2 saturated carbocycles. The number of rotatable bonds is 4. The van der Waals surface area contributed by atoms with Gasteiger partial charge in [0, 0.05) is 25.2 Å². The average Bonchev–Trinajstić information content (AvgIpc) is 2.45. The molecule has 2 atom stereocenters. The van der Waals surface area contributed by atoms with Gasteiger partial charge in [-0.05, 0) is 69.7 Å². The van der Waals surface area contributed by atoms with Crippen LogP contribution < -0.4 is 5.32 Å². The Balaban J connectivity index is 1.51. The predicted octanol–water partition coefficient (Wildman–Crippen LogP) is 3.91. The normalized spacial score (nSPS) is 41.4. The summed E-state index contributed by atoms with van der Waals surface area (Å²) in [4.78, 5) is 2.73. The molecule has 1 saturated heterocycles. The number of likely N-dealkylation sites (tertiary alicyclic amines) is 1. The lowest BCUT2D eigenvalue weighted by molar-refractivity contribution is 0.0272. The molecule has 0 spiro atoms. The maximum atomic E-state index is 4.04. The Hall–Kier alpha value is -0.0800. The highest BCUT2D eigenvalue weighted by molar-refractivity contribution is 4.95. The van der Waals surface area contributed by atoms with Crippen molar-refractivity contribution in [1.82, 2.24) is 10.2 Å². The van der Waals surface area contributed by atoms with Gasteiger partial charge in [0.05, 0.1) is 0 Å².